The molecule has 1 rings (SSSR count). The Morgan fingerprint density at radius 3 is 2.75 bits per heavy atom. The molecule has 2 N–H and O–H groups in total. The predicted molar refractivity (Wildman–Crippen MR) is 53.0 cm³/mol. The van der Waals surface area contributed by atoms with Crippen LogP contribution in [0.15, 0.2) is 18.3 Å². The zero-order valence-corrected chi connectivity index (χ0v) is 8.79. The van der Waals surface area contributed by atoms with Gasteiger partial charge in [-0.1, -0.05) is 6.07 Å². The van der Waals surface area contributed by atoms with Gasteiger partial charge < -0.3 is 10.5 Å². The van der Waals surface area contributed by atoms with Gasteiger partial charge in [0.15, 0.2) is 0 Å². The average molecular weight is 234 g/mol. The maximum absolute atomic E-state index is 12.0. The number of methoxy groups -OCH3 is 1. The largest absolute Gasteiger partial charge is 0.481 e. The Balaban J connectivity index is 2.69. The van der Waals surface area contributed by atoms with Crippen LogP contribution in [0.25, 0.3) is 0 Å². The number of hydrogen-bond acceptors (Lipinski definition) is 3. The van der Waals surface area contributed by atoms with Gasteiger partial charge in [-0.15, -0.1) is 0 Å². The van der Waals surface area contributed by atoms with Crippen molar-refractivity contribution in [3.05, 3.63) is 23.9 Å². The molecule has 6 heteroatoms. The van der Waals surface area contributed by atoms with E-state index >= 15 is 0 Å². The Kier molecular flexibility index (Phi) is 4.12. The highest BCUT2D eigenvalue weighted by Crippen LogP contribution is 2.29. The number of nitrogens with zero attached hydrogens (tertiary/aromatic N) is 1. The summed E-state index contributed by atoms with van der Waals surface area (Å²) < 4.78 is 41.0. The maximum Gasteiger partial charge on any atom is 0.389 e. The topological polar surface area (TPSA) is 48.1 Å². The van der Waals surface area contributed by atoms with Crippen LogP contribution in [0.1, 0.15) is 24.4 Å². The van der Waals surface area contributed by atoms with Gasteiger partial charge in [0.05, 0.1) is 7.11 Å². The summed E-state index contributed by atoms with van der Waals surface area (Å²) in [5.74, 6) is 0.275. The Labute approximate surface area is 91.4 Å². The van der Waals surface area contributed by atoms with Crippen molar-refractivity contribution in [2.45, 2.75) is 25.1 Å². The highest BCUT2D eigenvalue weighted by molar-refractivity contribution is 5.28. The van der Waals surface area contributed by atoms with E-state index in [1.807, 2.05) is 0 Å². The summed E-state index contributed by atoms with van der Waals surface area (Å²) in [4.78, 5) is 3.88. The molecule has 3 nitrogen and oxygen atoms in total. The first-order chi connectivity index (χ1) is 7.44. The van der Waals surface area contributed by atoms with Gasteiger partial charge in [0.1, 0.15) is 0 Å². The molecule has 0 spiro atoms. The summed E-state index contributed by atoms with van der Waals surface area (Å²) in [6.45, 7) is 0. The van der Waals surface area contributed by atoms with Gasteiger partial charge in [-0.25, -0.2) is 4.98 Å². The van der Waals surface area contributed by atoms with E-state index in [2.05, 4.69) is 4.98 Å². The summed E-state index contributed by atoms with van der Waals surface area (Å²) in [5, 5.41) is 0. The zero-order valence-electron chi connectivity index (χ0n) is 8.79. The van der Waals surface area contributed by atoms with Crippen molar-refractivity contribution in [2.75, 3.05) is 7.11 Å². The minimum Gasteiger partial charge on any atom is -0.481 e. The van der Waals surface area contributed by atoms with Crippen molar-refractivity contribution < 1.29 is 17.9 Å². The van der Waals surface area contributed by atoms with E-state index in [1.165, 1.54) is 13.3 Å². The zero-order chi connectivity index (χ0) is 12.2. The molecule has 90 valence electrons. The molecule has 1 unspecified atom stereocenters. The molecule has 0 saturated carbocycles. The minimum absolute atomic E-state index is 0.175. The van der Waals surface area contributed by atoms with Crippen LogP contribution in [0.3, 0.4) is 0 Å². The van der Waals surface area contributed by atoms with Crippen LogP contribution in [0, 0.1) is 0 Å². The third-order valence-electron chi connectivity index (χ3n) is 2.13. The van der Waals surface area contributed by atoms with Crippen molar-refractivity contribution in [1.29, 1.82) is 0 Å². The maximum atomic E-state index is 12.0. The fraction of sp³-hybridized carbons (Fsp3) is 0.500. The first-order valence-corrected chi connectivity index (χ1v) is 4.75. The molecular formula is C10H13F3N2O. The second-order valence-corrected chi connectivity index (χ2v) is 3.36. The monoisotopic (exact) mass is 234 g/mol. The molecule has 1 aromatic heterocycles. The van der Waals surface area contributed by atoms with Crippen molar-refractivity contribution in [2.24, 2.45) is 5.73 Å². The van der Waals surface area contributed by atoms with Crippen LogP contribution in [0.2, 0.25) is 0 Å². The lowest BCUT2D eigenvalue weighted by atomic mass is 10.0. The molecule has 1 aromatic rings. The summed E-state index contributed by atoms with van der Waals surface area (Å²) in [7, 11) is 1.41. The van der Waals surface area contributed by atoms with E-state index in [0.29, 0.717) is 5.56 Å². The Morgan fingerprint density at radius 1 is 1.50 bits per heavy atom. The fourth-order valence-electron chi connectivity index (χ4n) is 1.33. The van der Waals surface area contributed by atoms with E-state index in [4.69, 9.17) is 10.5 Å². The molecule has 0 fully saturated rings. The third-order valence-corrected chi connectivity index (χ3v) is 2.13. The van der Waals surface area contributed by atoms with Crippen LogP contribution >= 0.6 is 0 Å². The molecule has 1 heterocycles. The lowest BCUT2D eigenvalue weighted by Gasteiger charge is -2.15. The Bertz CT molecular complexity index is 341. The summed E-state index contributed by atoms with van der Waals surface area (Å²) >= 11 is 0. The quantitative estimate of drug-likeness (QED) is 0.870. The smallest absolute Gasteiger partial charge is 0.389 e. The van der Waals surface area contributed by atoms with E-state index in [-0.39, 0.29) is 12.3 Å². The van der Waals surface area contributed by atoms with Gasteiger partial charge in [0, 0.05) is 24.2 Å². The van der Waals surface area contributed by atoms with Crippen molar-refractivity contribution in [3.8, 4) is 5.88 Å². The van der Waals surface area contributed by atoms with E-state index in [9.17, 15) is 13.2 Å². The number of halogens is 3. The van der Waals surface area contributed by atoms with Crippen LogP contribution in [-0.4, -0.2) is 18.3 Å². The number of rotatable bonds is 4. The number of hydrogen-bond donors (Lipinski definition) is 1. The SMILES string of the molecule is COc1ncccc1C(N)CCC(F)(F)F. The summed E-state index contributed by atoms with van der Waals surface area (Å²) in [6.07, 6.45) is -3.77. The van der Waals surface area contributed by atoms with Gasteiger partial charge >= 0.3 is 6.18 Å². The molecule has 0 aliphatic rings. The molecule has 0 amide bonds. The van der Waals surface area contributed by atoms with Gasteiger partial charge in [0.25, 0.3) is 0 Å². The van der Waals surface area contributed by atoms with Gasteiger partial charge in [-0.3, -0.25) is 0 Å². The molecule has 0 radical (unpaired) electrons. The number of aromatic nitrogens is 1. The molecule has 0 aliphatic heterocycles. The Hall–Kier alpha value is -1.30. The fourth-order valence-corrected chi connectivity index (χ4v) is 1.33. The van der Waals surface area contributed by atoms with E-state index in [0.717, 1.165) is 0 Å². The normalized spacial score (nSPS) is 13.6. The van der Waals surface area contributed by atoms with Crippen molar-refractivity contribution in [1.82, 2.24) is 4.98 Å². The van der Waals surface area contributed by atoms with Crippen LogP contribution in [0.5, 0.6) is 5.88 Å². The molecule has 0 saturated heterocycles. The van der Waals surface area contributed by atoms with Crippen LogP contribution < -0.4 is 10.5 Å². The number of pyridine rings is 1. The van der Waals surface area contributed by atoms with E-state index < -0.39 is 18.6 Å². The average Bonchev–Trinajstić information content (AvgIpc) is 2.25. The second-order valence-electron chi connectivity index (χ2n) is 3.36. The molecular weight excluding hydrogens is 221 g/mol. The molecule has 0 bridgehead atoms. The first-order valence-electron chi connectivity index (χ1n) is 4.75. The van der Waals surface area contributed by atoms with Crippen LogP contribution in [-0.2, 0) is 0 Å². The number of nitrogens with two attached hydrogens (primary N) is 1. The highest BCUT2D eigenvalue weighted by Gasteiger charge is 2.28. The van der Waals surface area contributed by atoms with Gasteiger partial charge in [-0.2, -0.15) is 13.2 Å². The standard InChI is InChI=1S/C10H13F3N2O/c1-16-9-7(3-2-6-15-9)8(14)4-5-10(11,12)13/h2-3,6,8H,4-5,14H2,1H3. The first kappa shape index (κ1) is 12.8. The lowest BCUT2D eigenvalue weighted by molar-refractivity contribution is -0.136. The van der Waals surface area contributed by atoms with Crippen molar-refractivity contribution in [3.63, 3.8) is 0 Å². The van der Waals surface area contributed by atoms with Gasteiger partial charge in [-0.05, 0) is 12.5 Å². The van der Waals surface area contributed by atoms with Gasteiger partial charge in [0.2, 0.25) is 5.88 Å². The highest BCUT2D eigenvalue weighted by atomic mass is 19.4. The number of alkyl halides is 3. The molecule has 0 aromatic carbocycles. The second kappa shape index (κ2) is 5.16. The summed E-state index contributed by atoms with van der Waals surface area (Å²) in [6, 6.07) is 2.52. The predicted octanol–water partition coefficient (Wildman–Crippen LogP) is 2.43. The van der Waals surface area contributed by atoms with Crippen LogP contribution in [0.4, 0.5) is 13.2 Å². The third kappa shape index (κ3) is 3.69. The molecule has 16 heavy (non-hydrogen) atoms. The van der Waals surface area contributed by atoms with Crippen molar-refractivity contribution >= 4 is 0 Å². The molecule has 1 atom stereocenters. The molecule has 0 aliphatic carbocycles. The summed E-state index contributed by atoms with van der Waals surface area (Å²) in [5.41, 5.74) is 6.15. The lowest BCUT2D eigenvalue weighted by Crippen LogP contribution is -2.16. The van der Waals surface area contributed by atoms with E-state index in [1.54, 1.807) is 12.1 Å². The minimum atomic E-state index is -4.19. The number of ether oxygens (including phenoxy) is 1. The Morgan fingerprint density at radius 2 is 2.19 bits per heavy atom.